The fraction of sp³-hybridized carbons (Fsp3) is 0.333. The van der Waals surface area contributed by atoms with Crippen LogP contribution in [0.15, 0.2) is 23.0 Å². The van der Waals surface area contributed by atoms with Gasteiger partial charge in [-0.2, -0.15) is 0 Å². The van der Waals surface area contributed by atoms with Crippen molar-refractivity contribution in [3.8, 4) is 11.4 Å². The predicted molar refractivity (Wildman–Crippen MR) is 121 cm³/mol. The highest BCUT2D eigenvalue weighted by Crippen LogP contribution is 2.38. The number of benzene rings is 1. The van der Waals surface area contributed by atoms with Crippen LogP contribution in [0, 0.1) is 12.7 Å². The van der Waals surface area contributed by atoms with Crippen LogP contribution in [0.3, 0.4) is 0 Å². The number of pyridine rings is 2. The minimum absolute atomic E-state index is 0.0752. The van der Waals surface area contributed by atoms with Gasteiger partial charge in [-0.05, 0) is 30.2 Å². The molecule has 0 spiro atoms. The van der Waals surface area contributed by atoms with Crippen LogP contribution in [0.1, 0.15) is 47.8 Å². The number of esters is 1. The molecule has 1 unspecified atom stereocenters. The Kier molecular flexibility index (Phi) is 6.09. The Hall–Kier alpha value is -3.79. The highest BCUT2D eigenvalue weighted by atomic mass is 19.1. The van der Waals surface area contributed by atoms with Gasteiger partial charge in [0.1, 0.15) is 12.4 Å². The van der Waals surface area contributed by atoms with Crippen LogP contribution in [0.5, 0.6) is 0 Å². The van der Waals surface area contributed by atoms with Crippen molar-refractivity contribution < 1.29 is 28.6 Å². The molecular weight excluding hydrogens is 445 g/mol. The molecule has 0 fully saturated rings. The van der Waals surface area contributed by atoms with E-state index < -0.39 is 29.5 Å². The largest absolute Gasteiger partial charge is 0.458 e. The van der Waals surface area contributed by atoms with Gasteiger partial charge in [-0.15, -0.1) is 0 Å². The topological polar surface area (TPSA) is 120 Å². The van der Waals surface area contributed by atoms with Gasteiger partial charge in [-0.3, -0.25) is 4.79 Å². The normalized spacial score (nSPS) is 15.5. The Balaban J connectivity index is 0.00000133. The maximum atomic E-state index is 14.3. The predicted octanol–water partition coefficient (Wildman–Crippen LogP) is 2.85. The molecule has 34 heavy (non-hydrogen) atoms. The number of nitrogens with one attached hydrogen (secondary N) is 1. The number of halogens is 1. The molecule has 5 rings (SSSR count). The molecule has 2 aromatic heterocycles. The third-order valence-electron chi connectivity index (χ3n) is 5.95. The number of amides is 1. The zero-order chi connectivity index (χ0) is 24.7. The average Bonchev–Trinajstić information content (AvgIpc) is 3.20. The summed E-state index contributed by atoms with van der Waals surface area (Å²) < 4.78 is 25.4. The Morgan fingerprint density at radius 1 is 1.29 bits per heavy atom. The first kappa shape index (κ1) is 23.4. The highest BCUT2D eigenvalue weighted by Gasteiger charge is 2.34. The van der Waals surface area contributed by atoms with Gasteiger partial charge in [0, 0.05) is 29.1 Å². The van der Waals surface area contributed by atoms with Crippen LogP contribution in [-0.4, -0.2) is 33.8 Å². The van der Waals surface area contributed by atoms with E-state index >= 15 is 0 Å². The number of carbonyl (C=O) groups excluding carboxylic acids is 2. The molecule has 1 aromatic carbocycles. The van der Waals surface area contributed by atoms with Crippen LogP contribution in [0.4, 0.5) is 9.18 Å². The number of rotatable bonds is 2. The molecule has 0 saturated carbocycles. The van der Waals surface area contributed by atoms with Crippen LogP contribution in [0.2, 0.25) is 0 Å². The van der Waals surface area contributed by atoms with E-state index in [2.05, 4.69) is 15.0 Å². The summed E-state index contributed by atoms with van der Waals surface area (Å²) in [5.74, 6) is -1.26. The summed E-state index contributed by atoms with van der Waals surface area (Å²) in [4.78, 5) is 41.3. The summed E-state index contributed by atoms with van der Waals surface area (Å²) >= 11 is 0. The maximum Gasteiger partial charge on any atom is 0.407 e. The lowest BCUT2D eigenvalue weighted by molar-refractivity contribution is -0.157. The second-order valence-corrected chi connectivity index (χ2v) is 7.75. The summed E-state index contributed by atoms with van der Waals surface area (Å²) in [6.07, 6.45) is -2.20. The number of aryl methyl sites for hydroxylation is 1. The minimum Gasteiger partial charge on any atom is -0.458 e. The number of hydrogen-bond donors (Lipinski definition) is 2. The number of ether oxygens (including phenoxy) is 2. The Morgan fingerprint density at radius 2 is 2.03 bits per heavy atom. The standard InChI is InChI=1S/C22H18FN3O6.C2H6/c1-9-3-10-12(6-24-22(30)31-2)13-7-26-17(18(13)25-16(10)5-15(9)23)4-11-14(20(26)28)8-32-21(29)19(11)27;1-2/h3-5,19,27H,6-8H2,1-2H3,(H,24,30);1-2H3. The molecule has 4 heterocycles. The smallest absolute Gasteiger partial charge is 0.407 e. The molecule has 0 bridgehead atoms. The Bertz CT molecular complexity index is 1400. The maximum absolute atomic E-state index is 14.3. The molecule has 0 aliphatic carbocycles. The number of alkyl carbamates (subject to hydrolysis) is 1. The van der Waals surface area contributed by atoms with E-state index in [0.717, 1.165) is 0 Å². The van der Waals surface area contributed by atoms with Crippen molar-refractivity contribution in [2.24, 2.45) is 0 Å². The van der Waals surface area contributed by atoms with Crippen molar-refractivity contribution >= 4 is 23.0 Å². The van der Waals surface area contributed by atoms with Gasteiger partial charge in [-0.1, -0.05) is 13.8 Å². The minimum atomic E-state index is -1.57. The van der Waals surface area contributed by atoms with Crippen LogP contribution in [-0.2, 0) is 34.0 Å². The Labute approximate surface area is 194 Å². The van der Waals surface area contributed by atoms with Gasteiger partial charge in [0.2, 0.25) is 0 Å². The van der Waals surface area contributed by atoms with Crippen LogP contribution >= 0.6 is 0 Å². The molecule has 2 aliphatic rings. The molecule has 1 amide bonds. The van der Waals surface area contributed by atoms with Gasteiger partial charge in [0.05, 0.1) is 36.1 Å². The summed E-state index contributed by atoms with van der Waals surface area (Å²) in [7, 11) is 1.25. The van der Waals surface area contributed by atoms with Gasteiger partial charge in [-0.25, -0.2) is 19.0 Å². The monoisotopic (exact) mass is 469 g/mol. The fourth-order valence-electron chi connectivity index (χ4n) is 4.27. The van der Waals surface area contributed by atoms with E-state index in [0.29, 0.717) is 39.0 Å². The molecule has 3 aromatic rings. The van der Waals surface area contributed by atoms with Crippen molar-refractivity contribution in [2.75, 3.05) is 7.11 Å². The molecule has 2 N–H and O–H groups in total. The number of nitrogens with zero attached hydrogens (tertiary/aromatic N) is 2. The summed E-state index contributed by atoms with van der Waals surface area (Å²) in [6.45, 7) is 5.65. The first-order chi connectivity index (χ1) is 16.3. The van der Waals surface area contributed by atoms with Crippen molar-refractivity contribution in [3.05, 3.63) is 62.2 Å². The zero-order valence-electron chi connectivity index (χ0n) is 19.2. The second-order valence-electron chi connectivity index (χ2n) is 7.75. The number of carbonyl (C=O) groups is 2. The Morgan fingerprint density at radius 3 is 2.74 bits per heavy atom. The van der Waals surface area contributed by atoms with Crippen LogP contribution < -0.4 is 10.9 Å². The van der Waals surface area contributed by atoms with Gasteiger partial charge < -0.3 is 24.5 Å². The molecule has 2 aliphatic heterocycles. The van der Waals surface area contributed by atoms with Gasteiger partial charge in [0.15, 0.2) is 6.10 Å². The molecular formula is C24H24FN3O6. The third-order valence-corrected chi connectivity index (χ3v) is 5.95. The van der Waals surface area contributed by atoms with Crippen molar-refractivity contribution in [1.29, 1.82) is 0 Å². The molecule has 9 nitrogen and oxygen atoms in total. The summed E-state index contributed by atoms with van der Waals surface area (Å²) in [5, 5.41) is 13.5. The quantitative estimate of drug-likeness (QED) is 0.433. The number of aromatic nitrogens is 2. The van der Waals surface area contributed by atoms with E-state index in [4.69, 9.17) is 4.74 Å². The van der Waals surface area contributed by atoms with Gasteiger partial charge >= 0.3 is 12.1 Å². The average molecular weight is 469 g/mol. The van der Waals surface area contributed by atoms with E-state index in [1.165, 1.54) is 17.7 Å². The zero-order valence-corrected chi connectivity index (χ0v) is 19.2. The second kappa shape index (κ2) is 8.86. The molecule has 0 radical (unpaired) electrons. The van der Waals surface area contributed by atoms with Gasteiger partial charge in [0.25, 0.3) is 5.56 Å². The number of aliphatic hydroxyl groups is 1. The SMILES string of the molecule is CC.COC(=O)NCc1c2c(nc3cc(F)c(C)cc13)-c1cc3c(c(=O)n1C2)COC(=O)C3O. The van der Waals surface area contributed by atoms with E-state index in [1.807, 2.05) is 13.8 Å². The number of cyclic esters (lactones) is 1. The lowest BCUT2D eigenvalue weighted by Crippen LogP contribution is -2.32. The molecule has 178 valence electrons. The summed E-state index contributed by atoms with van der Waals surface area (Å²) in [6, 6.07) is 4.51. The summed E-state index contributed by atoms with van der Waals surface area (Å²) in [5.41, 5.74) is 2.93. The first-order valence-corrected chi connectivity index (χ1v) is 10.8. The lowest BCUT2D eigenvalue weighted by atomic mass is 9.97. The number of fused-ring (bicyclic) bond motifs is 5. The molecule has 10 heteroatoms. The lowest BCUT2D eigenvalue weighted by Gasteiger charge is -2.21. The molecule has 1 atom stereocenters. The third kappa shape index (κ3) is 3.60. The van der Waals surface area contributed by atoms with Crippen molar-refractivity contribution in [2.45, 2.75) is 46.6 Å². The van der Waals surface area contributed by atoms with Crippen LogP contribution in [0.25, 0.3) is 22.3 Å². The van der Waals surface area contributed by atoms with E-state index in [9.17, 15) is 23.9 Å². The first-order valence-electron chi connectivity index (χ1n) is 10.8. The van der Waals surface area contributed by atoms with Crippen molar-refractivity contribution in [1.82, 2.24) is 14.9 Å². The van der Waals surface area contributed by atoms with E-state index in [-0.39, 0.29) is 30.8 Å². The van der Waals surface area contributed by atoms with Crippen molar-refractivity contribution in [3.63, 3.8) is 0 Å². The number of aliphatic hydroxyl groups excluding tert-OH is 1. The number of methoxy groups -OCH3 is 1. The number of hydrogen-bond acceptors (Lipinski definition) is 7. The fourth-order valence-corrected chi connectivity index (χ4v) is 4.27. The van der Waals surface area contributed by atoms with E-state index in [1.54, 1.807) is 19.1 Å². The molecule has 0 saturated heterocycles. The highest BCUT2D eigenvalue weighted by molar-refractivity contribution is 5.89.